The summed E-state index contributed by atoms with van der Waals surface area (Å²) in [4.78, 5) is 38.0. The van der Waals surface area contributed by atoms with Crippen LogP contribution in [0, 0.1) is 0 Å². The summed E-state index contributed by atoms with van der Waals surface area (Å²) in [6.45, 7) is 1.88. The van der Waals surface area contributed by atoms with E-state index in [0.717, 1.165) is 24.1 Å². The molecular formula is C18H24ClN5O3S. The Bertz CT molecular complexity index is 795. The van der Waals surface area contributed by atoms with Crippen LogP contribution in [0.25, 0.3) is 11.3 Å². The molecular weight excluding hydrogens is 402 g/mol. The lowest BCUT2D eigenvalue weighted by atomic mass is 10.1. The van der Waals surface area contributed by atoms with Crippen LogP contribution in [0.2, 0.25) is 0 Å². The van der Waals surface area contributed by atoms with Crippen LogP contribution in [0.15, 0.2) is 29.6 Å². The quantitative estimate of drug-likeness (QED) is 0.450. The zero-order valence-electron chi connectivity index (χ0n) is 15.5. The van der Waals surface area contributed by atoms with Crippen LogP contribution in [0.5, 0.6) is 0 Å². The Morgan fingerprint density at radius 2 is 1.82 bits per heavy atom. The van der Waals surface area contributed by atoms with E-state index in [9.17, 15) is 14.4 Å². The van der Waals surface area contributed by atoms with Crippen LogP contribution in [0.4, 0.5) is 5.13 Å². The van der Waals surface area contributed by atoms with Gasteiger partial charge in [0.25, 0.3) is 0 Å². The molecule has 2 aromatic rings. The van der Waals surface area contributed by atoms with Crippen molar-refractivity contribution in [3.63, 3.8) is 0 Å². The fraction of sp³-hybridized carbons (Fsp3) is 0.333. The highest BCUT2D eigenvalue weighted by Gasteiger charge is 2.09. The number of aromatic nitrogens is 1. The number of rotatable bonds is 9. The van der Waals surface area contributed by atoms with Crippen molar-refractivity contribution in [2.24, 2.45) is 5.73 Å². The number of hydrogen-bond acceptors (Lipinski definition) is 6. The van der Waals surface area contributed by atoms with E-state index >= 15 is 0 Å². The van der Waals surface area contributed by atoms with Crippen molar-refractivity contribution in [2.45, 2.75) is 19.8 Å². The van der Waals surface area contributed by atoms with Gasteiger partial charge in [-0.1, -0.05) is 24.3 Å². The molecule has 1 aromatic carbocycles. The average molecular weight is 426 g/mol. The van der Waals surface area contributed by atoms with Crippen molar-refractivity contribution in [3.8, 4) is 11.3 Å². The number of nitrogens with one attached hydrogen (secondary N) is 3. The van der Waals surface area contributed by atoms with Crippen molar-refractivity contribution >= 4 is 46.6 Å². The van der Waals surface area contributed by atoms with Crippen molar-refractivity contribution in [3.05, 3.63) is 35.2 Å². The summed E-state index contributed by atoms with van der Waals surface area (Å²) in [5.74, 6) is -0.757. The molecule has 10 heteroatoms. The second kappa shape index (κ2) is 12.1. The molecule has 1 heterocycles. The Hall–Kier alpha value is -2.49. The van der Waals surface area contributed by atoms with E-state index in [0.29, 0.717) is 11.7 Å². The van der Waals surface area contributed by atoms with Crippen LogP contribution >= 0.6 is 23.7 Å². The Morgan fingerprint density at radius 3 is 2.46 bits per heavy atom. The normalized spacial score (nSPS) is 9.93. The first-order valence-corrected chi connectivity index (χ1v) is 9.42. The largest absolute Gasteiger partial charge is 0.356 e. The minimum absolute atomic E-state index is 0. The smallest absolute Gasteiger partial charge is 0.245 e. The predicted molar refractivity (Wildman–Crippen MR) is 112 cm³/mol. The van der Waals surface area contributed by atoms with Crippen LogP contribution in [0.1, 0.15) is 18.9 Å². The Morgan fingerprint density at radius 1 is 1.11 bits per heavy atom. The lowest BCUT2D eigenvalue weighted by Gasteiger charge is -2.04. The van der Waals surface area contributed by atoms with Gasteiger partial charge >= 0.3 is 0 Å². The second-order valence-electron chi connectivity index (χ2n) is 5.85. The standard InChI is InChI=1S/C18H23N5O3S.ClH/c1-12(24)20-8-2-3-13-4-6-14(7-5-13)15-11-27-18(22-15)23-17(26)10-21-16(25)9-19;/h4-7,11H,2-3,8-10,19H2,1H3,(H,20,24)(H,21,25)(H,22,23,26);1H. The number of anilines is 1. The van der Waals surface area contributed by atoms with Crippen molar-refractivity contribution < 1.29 is 14.4 Å². The number of thiazole rings is 1. The molecule has 2 rings (SSSR count). The number of halogens is 1. The highest BCUT2D eigenvalue weighted by atomic mass is 35.5. The zero-order valence-corrected chi connectivity index (χ0v) is 17.1. The number of nitrogens with two attached hydrogens (primary N) is 1. The summed E-state index contributed by atoms with van der Waals surface area (Å²) in [5.41, 5.74) is 8.07. The number of benzene rings is 1. The summed E-state index contributed by atoms with van der Waals surface area (Å²) in [5, 5.41) is 10.2. The maximum Gasteiger partial charge on any atom is 0.245 e. The van der Waals surface area contributed by atoms with Gasteiger partial charge in [-0.2, -0.15) is 0 Å². The molecule has 0 aliphatic carbocycles. The molecule has 0 radical (unpaired) electrons. The Labute approximate surface area is 173 Å². The van der Waals surface area contributed by atoms with Gasteiger partial charge in [-0.3, -0.25) is 14.4 Å². The molecule has 3 amide bonds. The van der Waals surface area contributed by atoms with Crippen LogP contribution in [0.3, 0.4) is 0 Å². The lowest BCUT2D eigenvalue weighted by molar-refractivity contribution is -0.123. The fourth-order valence-corrected chi connectivity index (χ4v) is 3.01. The van der Waals surface area contributed by atoms with E-state index in [1.54, 1.807) is 0 Å². The number of carbonyl (C=O) groups is 3. The molecule has 28 heavy (non-hydrogen) atoms. The fourth-order valence-electron chi connectivity index (χ4n) is 2.28. The van der Waals surface area contributed by atoms with Crippen molar-refractivity contribution in [2.75, 3.05) is 25.0 Å². The summed E-state index contributed by atoms with van der Waals surface area (Å²) in [6, 6.07) is 8.03. The van der Waals surface area contributed by atoms with Gasteiger partial charge in [-0.05, 0) is 18.4 Å². The summed E-state index contributed by atoms with van der Waals surface area (Å²) in [7, 11) is 0. The zero-order chi connectivity index (χ0) is 19.6. The van der Waals surface area contributed by atoms with Gasteiger partial charge in [-0.15, -0.1) is 23.7 Å². The third-order valence-electron chi connectivity index (χ3n) is 3.65. The molecule has 5 N–H and O–H groups in total. The van der Waals surface area contributed by atoms with Gasteiger partial charge in [0.15, 0.2) is 5.13 Å². The molecule has 152 valence electrons. The number of amides is 3. The first-order chi connectivity index (χ1) is 13.0. The molecule has 0 fully saturated rings. The first-order valence-electron chi connectivity index (χ1n) is 8.54. The van der Waals surface area contributed by atoms with E-state index in [1.807, 2.05) is 29.6 Å². The molecule has 0 saturated heterocycles. The van der Waals surface area contributed by atoms with Gasteiger partial charge in [0, 0.05) is 24.4 Å². The number of carbonyl (C=O) groups excluding carboxylic acids is 3. The molecule has 0 aliphatic heterocycles. The van der Waals surface area contributed by atoms with Gasteiger partial charge in [0.2, 0.25) is 17.7 Å². The highest BCUT2D eigenvalue weighted by molar-refractivity contribution is 7.14. The van der Waals surface area contributed by atoms with Gasteiger partial charge in [0.1, 0.15) is 0 Å². The maximum absolute atomic E-state index is 11.8. The molecule has 1 aromatic heterocycles. The molecule has 0 saturated carbocycles. The molecule has 0 atom stereocenters. The monoisotopic (exact) mass is 425 g/mol. The average Bonchev–Trinajstić information content (AvgIpc) is 3.12. The number of nitrogens with zero attached hydrogens (tertiary/aromatic N) is 1. The second-order valence-corrected chi connectivity index (χ2v) is 6.71. The van der Waals surface area contributed by atoms with E-state index in [-0.39, 0.29) is 43.2 Å². The van der Waals surface area contributed by atoms with Crippen LogP contribution < -0.4 is 21.7 Å². The SMILES string of the molecule is CC(=O)NCCCc1ccc(-c2csc(NC(=O)CNC(=O)CN)n2)cc1.Cl. The van der Waals surface area contributed by atoms with Crippen LogP contribution in [-0.4, -0.2) is 42.3 Å². The summed E-state index contributed by atoms with van der Waals surface area (Å²) >= 11 is 1.32. The van der Waals surface area contributed by atoms with Crippen molar-refractivity contribution in [1.82, 2.24) is 15.6 Å². The molecule has 0 spiro atoms. The predicted octanol–water partition coefficient (Wildman–Crippen LogP) is 1.31. The van der Waals surface area contributed by atoms with E-state index in [4.69, 9.17) is 5.73 Å². The van der Waals surface area contributed by atoms with E-state index in [2.05, 4.69) is 20.9 Å². The molecule has 0 aliphatic rings. The van der Waals surface area contributed by atoms with Gasteiger partial charge in [0.05, 0.1) is 18.8 Å². The summed E-state index contributed by atoms with van der Waals surface area (Å²) in [6.07, 6.45) is 1.76. The third kappa shape index (κ3) is 8.03. The lowest BCUT2D eigenvalue weighted by Crippen LogP contribution is -2.36. The van der Waals surface area contributed by atoms with E-state index < -0.39 is 0 Å². The highest BCUT2D eigenvalue weighted by Crippen LogP contribution is 2.25. The van der Waals surface area contributed by atoms with Gasteiger partial charge < -0.3 is 21.7 Å². The minimum atomic E-state index is -0.387. The topological polar surface area (TPSA) is 126 Å². The maximum atomic E-state index is 11.8. The van der Waals surface area contributed by atoms with Gasteiger partial charge in [-0.25, -0.2) is 4.98 Å². The Kier molecular flexibility index (Phi) is 10.1. The minimum Gasteiger partial charge on any atom is -0.356 e. The number of hydrogen-bond donors (Lipinski definition) is 4. The summed E-state index contributed by atoms with van der Waals surface area (Å²) < 4.78 is 0. The molecule has 0 unspecified atom stereocenters. The molecule has 8 nitrogen and oxygen atoms in total. The first kappa shape index (κ1) is 23.5. The van der Waals surface area contributed by atoms with E-state index in [1.165, 1.54) is 23.8 Å². The third-order valence-corrected chi connectivity index (χ3v) is 4.41. The van der Waals surface area contributed by atoms with Crippen molar-refractivity contribution in [1.29, 1.82) is 0 Å². The number of aryl methyl sites for hydroxylation is 1. The van der Waals surface area contributed by atoms with Crippen LogP contribution in [-0.2, 0) is 20.8 Å². The molecule has 0 bridgehead atoms. The Balaban J connectivity index is 0.00000392.